The number of nitrogens with zero attached hydrogens (tertiary/aromatic N) is 1. The monoisotopic (exact) mass is 293 g/mol. The van der Waals surface area contributed by atoms with Crippen molar-refractivity contribution >= 4 is 29.9 Å². The molecule has 4 nitrogen and oxygen atoms in total. The van der Waals surface area contributed by atoms with Gasteiger partial charge < -0.3 is 15.6 Å². The minimum absolute atomic E-state index is 0. The Hall–Kier alpha value is -0.710. The number of hydrogen-bond acceptors (Lipinski definition) is 2. The quantitative estimate of drug-likeness (QED) is 0.894. The molecule has 0 aliphatic heterocycles. The van der Waals surface area contributed by atoms with Gasteiger partial charge in [-0.3, -0.25) is 4.79 Å². The van der Waals surface area contributed by atoms with E-state index in [0.717, 1.165) is 0 Å². The van der Waals surface area contributed by atoms with E-state index < -0.39 is 5.54 Å². The van der Waals surface area contributed by atoms with Crippen molar-refractivity contribution in [1.29, 1.82) is 0 Å². The number of halogens is 2. The van der Waals surface area contributed by atoms with E-state index in [1.165, 1.54) is 0 Å². The summed E-state index contributed by atoms with van der Waals surface area (Å²) in [6, 6.07) is 1.65. The van der Waals surface area contributed by atoms with E-state index in [-0.39, 0.29) is 24.2 Å². The van der Waals surface area contributed by atoms with Crippen molar-refractivity contribution in [2.75, 3.05) is 6.54 Å². The van der Waals surface area contributed by atoms with Crippen molar-refractivity contribution < 1.29 is 4.79 Å². The Morgan fingerprint density at radius 3 is 2.50 bits per heavy atom. The van der Waals surface area contributed by atoms with Gasteiger partial charge in [0.25, 0.3) is 5.91 Å². The van der Waals surface area contributed by atoms with E-state index in [2.05, 4.69) is 5.32 Å². The summed E-state index contributed by atoms with van der Waals surface area (Å²) in [6.07, 6.45) is 1.70. The first-order chi connectivity index (χ1) is 7.80. The topological polar surface area (TPSA) is 60.0 Å². The highest BCUT2D eigenvalue weighted by Gasteiger charge is 2.29. The van der Waals surface area contributed by atoms with Gasteiger partial charge in [-0.1, -0.05) is 25.4 Å². The Bertz CT molecular complexity index is 417. The molecule has 3 N–H and O–H groups in total. The fraction of sp³-hybridized carbons (Fsp3) is 0.583. The maximum atomic E-state index is 12.1. The maximum absolute atomic E-state index is 12.1. The van der Waals surface area contributed by atoms with Crippen LogP contribution in [0.5, 0.6) is 0 Å². The summed E-state index contributed by atoms with van der Waals surface area (Å²) in [7, 11) is 1.79. The molecule has 0 spiro atoms. The van der Waals surface area contributed by atoms with Gasteiger partial charge in [-0.15, -0.1) is 12.4 Å². The van der Waals surface area contributed by atoms with Gasteiger partial charge in [-0.25, -0.2) is 0 Å². The predicted molar refractivity (Wildman–Crippen MR) is 77.4 cm³/mol. The summed E-state index contributed by atoms with van der Waals surface area (Å²) in [5, 5.41) is 3.52. The standard InChI is InChI=1S/C12H20ClN3O.ClH/c1-8(2)12(3,7-14)15-11(17)10-5-9(13)6-16(10)4;/h5-6,8H,7,14H2,1-4H3,(H,15,17);1H. The normalized spacial score (nSPS) is 13.9. The SMILES string of the molecule is CC(C)C(C)(CN)NC(=O)c1cc(Cl)cn1C.Cl. The van der Waals surface area contributed by atoms with Gasteiger partial charge >= 0.3 is 0 Å². The molecule has 0 aliphatic carbocycles. The summed E-state index contributed by atoms with van der Waals surface area (Å²) in [6.45, 7) is 6.41. The van der Waals surface area contributed by atoms with Crippen molar-refractivity contribution in [3.63, 3.8) is 0 Å². The lowest BCUT2D eigenvalue weighted by Gasteiger charge is -2.33. The highest BCUT2D eigenvalue weighted by atomic mass is 35.5. The van der Waals surface area contributed by atoms with Crippen LogP contribution in [0.4, 0.5) is 0 Å². The third-order valence-corrected chi connectivity index (χ3v) is 3.51. The lowest BCUT2D eigenvalue weighted by Crippen LogP contribution is -2.55. The van der Waals surface area contributed by atoms with Gasteiger partial charge in [0, 0.05) is 19.8 Å². The molecule has 104 valence electrons. The number of aromatic nitrogens is 1. The molecule has 0 aliphatic rings. The first-order valence-electron chi connectivity index (χ1n) is 5.64. The first kappa shape index (κ1) is 17.3. The van der Waals surface area contributed by atoms with Crippen LogP contribution in [0.25, 0.3) is 0 Å². The molecule has 18 heavy (non-hydrogen) atoms. The van der Waals surface area contributed by atoms with Crippen LogP contribution in [-0.2, 0) is 7.05 Å². The Morgan fingerprint density at radius 1 is 1.61 bits per heavy atom. The molecular formula is C12H21Cl2N3O. The Kier molecular flexibility index (Phi) is 6.20. The van der Waals surface area contributed by atoms with Gasteiger partial charge in [0.15, 0.2) is 0 Å². The van der Waals surface area contributed by atoms with E-state index in [0.29, 0.717) is 17.3 Å². The molecule has 6 heteroatoms. The van der Waals surface area contributed by atoms with Crippen LogP contribution < -0.4 is 11.1 Å². The number of nitrogens with one attached hydrogen (secondary N) is 1. The largest absolute Gasteiger partial charge is 0.345 e. The Labute approximate surface area is 119 Å². The van der Waals surface area contributed by atoms with Gasteiger partial charge in [0.2, 0.25) is 0 Å². The van der Waals surface area contributed by atoms with Gasteiger partial charge in [0.05, 0.1) is 10.6 Å². The van der Waals surface area contributed by atoms with Gasteiger partial charge in [-0.2, -0.15) is 0 Å². The zero-order chi connectivity index (χ0) is 13.2. The number of hydrogen-bond donors (Lipinski definition) is 2. The number of rotatable bonds is 4. The Balaban J connectivity index is 0.00000289. The lowest BCUT2D eigenvalue weighted by molar-refractivity contribution is 0.0875. The second-order valence-corrected chi connectivity index (χ2v) is 5.32. The molecule has 1 amide bonds. The average Bonchev–Trinajstić information content (AvgIpc) is 2.57. The van der Waals surface area contributed by atoms with E-state index in [1.54, 1.807) is 23.9 Å². The number of carbonyl (C=O) groups is 1. The summed E-state index contributed by atoms with van der Waals surface area (Å²) >= 11 is 5.85. The van der Waals surface area contributed by atoms with Crippen molar-refractivity contribution in [3.8, 4) is 0 Å². The molecule has 0 saturated carbocycles. The second kappa shape index (κ2) is 6.45. The van der Waals surface area contributed by atoms with Crippen LogP contribution in [0.2, 0.25) is 5.02 Å². The number of nitrogens with two attached hydrogens (primary N) is 1. The smallest absolute Gasteiger partial charge is 0.268 e. The molecule has 1 heterocycles. The zero-order valence-electron chi connectivity index (χ0n) is 11.2. The molecule has 1 unspecified atom stereocenters. The summed E-state index contributed by atoms with van der Waals surface area (Å²) in [5.74, 6) is 0.105. The zero-order valence-corrected chi connectivity index (χ0v) is 12.7. The van der Waals surface area contributed by atoms with Crippen LogP contribution in [0, 0.1) is 5.92 Å². The van der Waals surface area contributed by atoms with Crippen molar-refractivity contribution in [3.05, 3.63) is 23.0 Å². The predicted octanol–water partition coefficient (Wildman–Crippen LogP) is 2.20. The van der Waals surface area contributed by atoms with Crippen LogP contribution >= 0.6 is 24.0 Å². The second-order valence-electron chi connectivity index (χ2n) is 4.88. The third-order valence-electron chi connectivity index (χ3n) is 3.30. The summed E-state index contributed by atoms with van der Waals surface area (Å²) in [4.78, 5) is 12.1. The van der Waals surface area contributed by atoms with Gasteiger partial charge in [0.1, 0.15) is 5.69 Å². The fourth-order valence-electron chi connectivity index (χ4n) is 1.50. The minimum atomic E-state index is -0.409. The summed E-state index contributed by atoms with van der Waals surface area (Å²) < 4.78 is 1.70. The van der Waals surface area contributed by atoms with Crippen LogP contribution in [-0.4, -0.2) is 22.6 Å². The number of amides is 1. The number of aryl methyl sites for hydroxylation is 1. The number of carbonyl (C=O) groups excluding carboxylic acids is 1. The molecule has 1 aromatic rings. The van der Waals surface area contributed by atoms with Crippen LogP contribution in [0.1, 0.15) is 31.3 Å². The van der Waals surface area contributed by atoms with Gasteiger partial charge in [-0.05, 0) is 18.9 Å². The van der Waals surface area contributed by atoms with E-state index in [4.69, 9.17) is 17.3 Å². The summed E-state index contributed by atoms with van der Waals surface area (Å²) in [5.41, 5.74) is 5.86. The molecule has 0 radical (unpaired) electrons. The molecule has 1 atom stereocenters. The van der Waals surface area contributed by atoms with Crippen LogP contribution in [0.3, 0.4) is 0 Å². The lowest BCUT2D eigenvalue weighted by atomic mass is 9.88. The highest BCUT2D eigenvalue weighted by molar-refractivity contribution is 6.31. The molecule has 0 fully saturated rings. The third kappa shape index (κ3) is 3.64. The van der Waals surface area contributed by atoms with E-state index >= 15 is 0 Å². The molecule has 0 bridgehead atoms. The maximum Gasteiger partial charge on any atom is 0.268 e. The van der Waals surface area contributed by atoms with E-state index in [9.17, 15) is 4.79 Å². The van der Waals surface area contributed by atoms with Crippen molar-refractivity contribution in [2.45, 2.75) is 26.3 Å². The van der Waals surface area contributed by atoms with Crippen molar-refractivity contribution in [2.24, 2.45) is 18.7 Å². The fourth-order valence-corrected chi connectivity index (χ4v) is 1.75. The first-order valence-corrected chi connectivity index (χ1v) is 6.02. The van der Waals surface area contributed by atoms with E-state index in [1.807, 2.05) is 20.8 Å². The van der Waals surface area contributed by atoms with Crippen molar-refractivity contribution in [1.82, 2.24) is 9.88 Å². The molecule has 1 rings (SSSR count). The Morgan fingerprint density at radius 2 is 2.17 bits per heavy atom. The molecule has 0 aromatic carbocycles. The minimum Gasteiger partial charge on any atom is -0.345 e. The van der Waals surface area contributed by atoms with Crippen LogP contribution in [0.15, 0.2) is 12.3 Å². The molecule has 1 aromatic heterocycles. The molecular weight excluding hydrogens is 273 g/mol. The highest BCUT2D eigenvalue weighted by Crippen LogP contribution is 2.17. The molecule has 0 saturated heterocycles. The average molecular weight is 294 g/mol.